The summed E-state index contributed by atoms with van der Waals surface area (Å²) in [5.41, 5.74) is 1.20. The molecule has 0 spiro atoms. The number of benzene rings is 2. The van der Waals surface area contributed by atoms with E-state index in [1.807, 2.05) is 18.2 Å². The maximum Gasteiger partial charge on any atom is 0.338 e. The first-order valence-electron chi connectivity index (χ1n) is 7.54. The lowest BCUT2D eigenvalue weighted by molar-refractivity contribution is 0.0335. The van der Waals surface area contributed by atoms with Crippen molar-refractivity contribution in [1.82, 2.24) is 0 Å². The van der Waals surface area contributed by atoms with E-state index in [9.17, 15) is 9.59 Å². The van der Waals surface area contributed by atoms with Crippen molar-refractivity contribution in [2.75, 3.05) is 6.61 Å². The van der Waals surface area contributed by atoms with Gasteiger partial charge in [0.2, 0.25) is 0 Å². The summed E-state index contributed by atoms with van der Waals surface area (Å²) in [4.78, 5) is 23.5. The van der Waals surface area contributed by atoms with Crippen LogP contribution in [0.15, 0.2) is 36.4 Å². The first-order valence-corrected chi connectivity index (χ1v) is 7.54. The molecular weight excluding hydrogens is 276 g/mol. The minimum atomic E-state index is -0.306. The SMILES string of the molecule is CCC(C)(C)COC(=O)c1ccc2cc(C(C)=O)ccc2c1. The summed E-state index contributed by atoms with van der Waals surface area (Å²) < 4.78 is 5.40. The molecule has 3 heteroatoms. The third kappa shape index (κ3) is 3.73. The summed E-state index contributed by atoms with van der Waals surface area (Å²) in [6.45, 7) is 8.18. The van der Waals surface area contributed by atoms with Crippen LogP contribution in [0.3, 0.4) is 0 Å². The van der Waals surface area contributed by atoms with E-state index in [4.69, 9.17) is 4.74 Å². The molecule has 0 atom stereocenters. The number of carbonyl (C=O) groups excluding carboxylic acids is 2. The minimum absolute atomic E-state index is 0.0110. The average Bonchev–Trinajstić information content (AvgIpc) is 2.51. The van der Waals surface area contributed by atoms with Crippen molar-refractivity contribution in [2.24, 2.45) is 5.41 Å². The molecule has 0 aliphatic heterocycles. The second-order valence-corrected chi connectivity index (χ2v) is 6.43. The van der Waals surface area contributed by atoms with Gasteiger partial charge in [-0.3, -0.25) is 4.79 Å². The second-order valence-electron chi connectivity index (χ2n) is 6.43. The highest BCUT2D eigenvalue weighted by Crippen LogP contribution is 2.22. The van der Waals surface area contributed by atoms with Crippen molar-refractivity contribution in [3.63, 3.8) is 0 Å². The molecule has 0 aromatic heterocycles. The highest BCUT2D eigenvalue weighted by Gasteiger charge is 2.18. The Labute approximate surface area is 131 Å². The zero-order valence-corrected chi connectivity index (χ0v) is 13.6. The molecule has 22 heavy (non-hydrogen) atoms. The molecule has 0 amide bonds. The lowest BCUT2D eigenvalue weighted by Crippen LogP contribution is -2.21. The number of hydrogen-bond acceptors (Lipinski definition) is 3. The van der Waals surface area contributed by atoms with Crippen LogP contribution in [-0.4, -0.2) is 18.4 Å². The number of Topliss-reactive ketones (excluding diaryl/α,β-unsaturated/α-hetero) is 1. The summed E-state index contributed by atoms with van der Waals surface area (Å²) >= 11 is 0. The Bertz CT molecular complexity index is 714. The first kappa shape index (κ1) is 16.2. The Morgan fingerprint density at radius 2 is 1.55 bits per heavy atom. The van der Waals surface area contributed by atoms with Crippen LogP contribution in [0.1, 0.15) is 54.8 Å². The first-order chi connectivity index (χ1) is 10.3. The van der Waals surface area contributed by atoms with Gasteiger partial charge in [0.1, 0.15) is 0 Å². The number of rotatable bonds is 5. The summed E-state index contributed by atoms with van der Waals surface area (Å²) in [5.74, 6) is -0.272. The van der Waals surface area contributed by atoms with Crippen molar-refractivity contribution in [2.45, 2.75) is 34.1 Å². The number of hydrogen-bond donors (Lipinski definition) is 0. The van der Waals surface area contributed by atoms with E-state index in [1.54, 1.807) is 25.1 Å². The smallest absolute Gasteiger partial charge is 0.338 e. The van der Waals surface area contributed by atoms with Crippen LogP contribution in [0.4, 0.5) is 0 Å². The van der Waals surface area contributed by atoms with Crippen molar-refractivity contribution in [1.29, 1.82) is 0 Å². The predicted molar refractivity (Wildman–Crippen MR) is 88.3 cm³/mol. The maximum absolute atomic E-state index is 12.1. The highest BCUT2D eigenvalue weighted by atomic mass is 16.5. The Morgan fingerprint density at radius 1 is 1.00 bits per heavy atom. The summed E-state index contributed by atoms with van der Waals surface area (Å²) in [6, 6.07) is 10.9. The monoisotopic (exact) mass is 298 g/mol. The van der Waals surface area contributed by atoms with Crippen LogP contribution in [0, 0.1) is 5.41 Å². The predicted octanol–water partition coefficient (Wildman–Crippen LogP) is 4.64. The van der Waals surface area contributed by atoms with E-state index < -0.39 is 0 Å². The molecule has 2 aromatic rings. The lowest BCUT2D eigenvalue weighted by Gasteiger charge is -2.21. The lowest BCUT2D eigenvalue weighted by atomic mass is 9.92. The van der Waals surface area contributed by atoms with E-state index in [-0.39, 0.29) is 17.2 Å². The fourth-order valence-electron chi connectivity index (χ4n) is 2.04. The zero-order valence-electron chi connectivity index (χ0n) is 13.6. The fourth-order valence-corrected chi connectivity index (χ4v) is 2.04. The van der Waals surface area contributed by atoms with Gasteiger partial charge in [-0.25, -0.2) is 4.79 Å². The summed E-state index contributed by atoms with van der Waals surface area (Å²) in [6.07, 6.45) is 0.950. The van der Waals surface area contributed by atoms with E-state index in [0.29, 0.717) is 17.7 Å². The minimum Gasteiger partial charge on any atom is -0.462 e. The number of carbonyl (C=O) groups is 2. The topological polar surface area (TPSA) is 43.4 Å². The van der Waals surface area contributed by atoms with Gasteiger partial charge in [0.05, 0.1) is 12.2 Å². The Hall–Kier alpha value is -2.16. The molecule has 0 fully saturated rings. The zero-order chi connectivity index (χ0) is 16.3. The molecule has 0 aliphatic rings. The molecule has 116 valence electrons. The van der Waals surface area contributed by atoms with Crippen molar-refractivity contribution < 1.29 is 14.3 Å². The largest absolute Gasteiger partial charge is 0.462 e. The van der Waals surface area contributed by atoms with Crippen molar-refractivity contribution >= 4 is 22.5 Å². The van der Waals surface area contributed by atoms with Crippen LogP contribution < -0.4 is 0 Å². The van der Waals surface area contributed by atoms with E-state index in [1.165, 1.54) is 0 Å². The molecule has 0 heterocycles. The van der Waals surface area contributed by atoms with Crippen LogP contribution in [0.5, 0.6) is 0 Å². The number of fused-ring (bicyclic) bond motifs is 1. The molecule has 0 N–H and O–H groups in total. The fraction of sp³-hybridized carbons (Fsp3) is 0.368. The molecule has 0 aliphatic carbocycles. The van der Waals surface area contributed by atoms with Gasteiger partial charge in [-0.15, -0.1) is 0 Å². The van der Waals surface area contributed by atoms with Gasteiger partial charge in [-0.2, -0.15) is 0 Å². The molecule has 2 rings (SSSR count). The van der Waals surface area contributed by atoms with Crippen LogP contribution in [0.2, 0.25) is 0 Å². The van der Waals surface area contributed by atoms with E-state index in [0.717, 1.165) is 17.2 Å². The van der Waals surface area contributed by atoms with Gasteiger partial charge >= 0.3 is 5.97 Å². The van der Waals surface area contributed by atoms with Gasteiger partial charge in [-0.05, 0) is 47.7 Å². The van der Waals surface area contributed by atoms with E-state index >= 15 is 0 Å². The molecule has 0 saturated carbocycles. The third-order valence-electron chi connectivity index (χ3n) is 4.03. The molecule has 2 aromatic carbocycles. The van der Waals surface area contributed by atoms with Gasteiger partial charge < -0.3 is 4.74 Å². The summed E-state index contributed by atoms with van der Waals surface area (Å²) in [5, 5.41) is 1.87. The molecule has 3 nitrogen and oxygen atoms in total. The van der Waals surface area contributed by atoms with Crippen LogP contribution >= 0.6 is 0 Å². The molecule has 0 radical (unpaired) electrons. The van der Waals surface area contributed by atoms with Crippen molar-refractivity contribution in [3.8, 4) is 0 Å². The Balaban J connectivity index is 2.20. The van der Waals surface area contributed by atoms with Gasteiger partial charge in [-0.1, -0.05) is 39.0 Å². The number of esters is 1. The number of ketones is 1. The number of ether oxygens (including phenoxy) is 1. The van der Waals surface area contributed by atoms with Gasteiger partial charge in [0.15, 0.2) is 5.78 Å². The van der Waals surface area contributed by atoms with Crippen LogP contribution in [0.25, 0.3) is 10.8 Å². The maximum atomic E-state index is 12.1. The highest BCUT2D eigenvalue weighted by molar-refractivity contribution is 6.00. The molecular formula is C19H22O3. The molecule has 0 unspecified atom stereocenters. The molecule has 0 saturated heterocycles. The van der Waals surface area contributed by atoms with Gasteiger partial charge in [0.25, 0.3) is 0 Å². The second kappa shape index (κ2) is 6.30. The Kier molecular flexibility index (Phi) is 4.65. The molecule has 0 bridgehead atoms. The summed E-state index contributed by atoms with van der Waals surface area (Å²) in [7, 11) is 0. The van der Waals surface area contributed by atoms with Crippen LogP contribution in [-0.2, 0) is 4.74 Å². The third-order valence-corrected chi connectivity index (χ3v) is 4.03. The average molecular weight is 298 g/mol. The Morgan fingerprint density at radius 3 is 2.09 bits per heavy atom. The van der Waals surface area contributed by atoms with Crippen molar-refractivity contribution in [3.05, 3.63) is 47.5 Å². The quantitative estimate of drug-likeness (QED) is 0.597. The van der Waals surface area contributed by atoms with Gasteiger partial charge in [0, 0.05) is 5.56 Å². The van der Waals surface area contributed by atoms with E-state index in [2.05, 4.69) is 20.8 Å². The normalized spacial score (nSPS) is 11.5. The standard InChI is InChI=1S/C19H22O3/c1-5-19(3,4)12-22-18(21)17-9-8-15-10-14(13(2)20)6-7-16(15)11-17/h6-11H,5,12H2,1-4H3.